The van der Waals surface area contributed by atoms with Crippen molar-refractivity contribution >= 4 is 17.9 Å². The second-order valence-corrected chi connectivity index (χ2v) is 9.38. The van der Waals surface area contributed by atoms with Crippen LogP contribution in [0.25, 0.3) is 0 Å². The molecule has 3 aliphatic heterocycles. The van der Waals surface area contributed by atoms with Crippen molar-refractivity contribution in [3.8, 4) is 0 Å². The lowest BCUT2D eigenvalue weighted by Crippen LogP contribution is -2.44. The third-order valence-electron chi connectivity index (χ3n) is 7.56. The highest BCUT2D eigenvalue weighted by Gasteiger charge is 2.81. The van der Waals surface area contributed by atoms with E-state index >= 15 is 0 Å². The Morgan fingerprint density at radius 2 is 2.03 bits per heavy atom. The average Bonchev–Trinajstić information content (AvgIpc) is 3.57. The number of hydrogen-bond donors (Lipinski definition) is 1. The molecule has 0 amide bonds. The Bertz CT molecular complexity index is 903. The lowest BCUT2D eigenvalue weighted by molar-refractivity contribution is -0.150. The molecule has 2 saturated carbocycles. The van der Waals surface area contributed by atoms with Gasteiger partial charge in [0.05, 0.1) is 18.6 Å². The third-order valence-corrected chi connectivity index (χ3v) is 7.56. The van der Waals surface area contributed by atoms with Gasteiger partial charge in [0.15, 0.2) is 0 Å². The van der Waals surface area contributed by atoms with Crippen LogP contribution >= 0.6 is 0 Å². The van der Waals surface area contributed by atoms with Crippen LogP contribution in [-0.4, -0.2) is 71.8 Å². The van der Waals surface area contributed by atoms with E-state index in [2.05, 4.69) is 6.58 Å². The van der Waals surface area contributed by atoms with E-state index in [4.69, 9.17) is 23.7 Å². The van der Waals surface area contributed by atoms with E-state index < -0.39 is 53.3 Å². The van der Waals surface area contributed by atoms with Crippen molar-refractivity contribution in [3.63, 3.8) is 0 Å². The largest absolute Gasteiger partial charge is 0.462 e. The number of carbonyl (C=O) groups excluding carboxylic acids is 3. The summed E-state index contributed by atoms with van der Waals surface area (Å²) in [7, 11) is 0. The summed E-state index contributed by atoms with van der Waals surface area (Å²) >= 11 is 0. The van der Waals surface area contributed by atoms with Gasteiger partial charge in [-0.25, -0.2) is 9.59 Å². The summed E-state index contributed by atoms with van der Waals surface area (Å²) in [4.78, 5) is 36.1. The third kappa shape index (κ3) is 2.97. The van der Waals surface area contributed by atoms with Gasteiger partial charge in [0.1, 0.15) is 36.1 Å². The molecule has 9 atom stereocenters. The normalized spacial score (nSPS) is 47.1. The van der Waals surface area contributed by atoms with E-state index in [0.29, 0.717) is 13.0 Å². The topological polar surface area (TPSA) is 124 Å². The average molecular weight is 434 g/mol. The molecule has 3 heterocycles. The number of aliphatic hydroxyl groups is 1. The number of epoxide rings is 2. The van der Waals surface area contributed by atoms with Gasteiger partial charge in [-0.05, 0) is 19.9 Å². The molecule has 9 nitrogen and oxygen atoms in total. The van der Waals surface area contributed by atoms with Gasteiger partial charge in [0, 0.05) is 36.3 Å². The lowest BCUT2D eigenvalue weighted by atomic mass is 9.76. The van der Waals surface area contributed by atoms with Gasteiger partial charge < -0.3 is 28.8 Å². The summed E-state index contributed by atoms with van der Waals surface area (Å²) in [5.74, 6) is -2.68. The van der Waals surface area contributed by atoms with Crippen molar-refractivity contribution in [1.82, 2.24) is 0 Å². The van der Waals surface area contributed by atoms with Crippen LogP contribution in [0.2, 0.25) is 0 Å². The van der Waals surface area contributed by atoms with Crippen molar-refractivity contribution in [3.05, 3.63) is 23.8 Å². The van der Waals surface area contributed by atoms with E-state index in [9.17, 15) is 19.5 Å². The van der Waals surface area contributed by atoms with Gasteiger partial charge in [0.2, 0.25) is 0 Å². The first kappa shape index (κ1) is 20.7. The fraction of sp³-hybridized carbons (Fsp3) is 0.682. The van der Waals surface area contributed by atoms with Crippen LogP contribution in [0.1, 0.15) is 27.2 Å². The molecule has 0 aromatic rings. The maximum atomic E-state index is 12.8. The number of esters is 3. The van der Waals surface area contributed by atoms with E-state index in [1.807, 2.05) is 6.92 Å². The molecule has 0 radical (unpaired) electrons. The highest BCUT2D eigenvalue weighted by molar-refractivity contribution is 5.92. The number of hydrogen-bond acceptors (Lipinski definition) is 9. The predicted molar refractivity (Wildman–Crippen MR) is 102 cm³/mol. The van der Waals surface area contributed by atoms with E-state index in [0.717, 1.165) is 0 Å². The van der Waals surface area contributed by atoms with Crippen LogP contribution < -0.4 is 0 Å². The molecule has 168 valence electrons. The van der Waals surface area contributed by atoms with Crippen molar-refractivity contribution in [2.45, 2.75) is 62.8 Å². The molecule has 2 aliphatic carbocycles. The van der Waals surface area contributed by atoms with Gasteiger partial charge >= 0.3 is 17.9 Å². The zero-order valence-electron chi connectivity index (χ0n) is 17.7. The maximum absolute atomic E-state index is 12.8. The van der Waals surface area contributed by atoms with Gasteiger partial charge in [-0.1, -0.05) is 6.58 Å². The number of fused-ring (bicyclic) bond motifs is 6. The minimum Gasteiger partial charge on any atom is -0.462 e. The molecule has 1 unspecified atom stereocenters. The number of ether oxygens (including phenoxy) is 5. The highest BCUT2D eigenvalue weighted by Crippen LogP contribution is 2.67. The van der Waals surface area contributed by atoms with Gasteiger partial charge in [-0.2, -0.15) is 0 Å². The first-order valence-electron chi connectivity index (χ1n) is 10.5. The number of aliphatic hydroxyl groups excluding tert-OH is 1. The molecule has 1 spiro atoms. The Balaban J connectivity index is 1.44. The predicted octanol–water partition coefficient (Wildman–Crippen LogP) is 0.442. The van der Waals surface area contributed by atoms with Crippen LogP contribution in [0.4, 0.5) is 0 Å². The zero-order chi connectivity index (χ0) is 22.3. The fourth-order valence-electron chi connectivity index (χ4n) is 5.90. The Kier molecular flexibility index (Phi) is 4.42. The van der Waals surface area contributed by atoms with E-state index in [-0.39, 0.29) is 35.7 Å². The highest BCUT2D eigenvalue weighted by atomic mass is 16.6. The van der Waals surface area contributed by atoms with Gasteiger partial charge in [-0.15, -0.1) is 0 Å². The number of rotatable bonds is 4. The Morgan fingerprint density at radius 3 is 2.68 bits per heavy atom. The second-order valence-electron chi connectivity index (χ2n) is 9.38. The summed E-state index contributed by atoms with van der Waals surface area (Å²) in [6, 6.07) is 0. The molecule has 9 heteroatoms. The van der Waals surface area contributed by atoms with Crippen molar-refractivity contribution < 1.29 is 43.2 Å². The Hall–Kier alpha value is -2.23. The SMILES string of the molecule is C=C1C(=O)O[C@H]2[C@H]1[C@H](OC(=O)/C(C)=C/COC(C)=O)C[C@]1(CO1)[C@@H]1C(O)[C@H]3O[C@@]3(C)[C@H]21. The molecule has 0 aromatic heterocycles. The van der Waals surface area contributed by atoms with Gasteiger partial charge in [0.25, 0.3) is 0 Å². The van der Waals surface area contributed by atoms with E-state index in [1.54, 1.807) is 6.92 Å². The molecule has 1 N–H and O–H groups in total. The first-order chi connectivity index (χ1) is 14.6. The minimum absolute atomic E-state index is 0.0399. The molecule has 31 heavy (non-hydrogen) atoms. The smallest absolute Gasteiger partial charge is 0.334 e. The fourth-order valence-corrected chi connectivity index (χ4v) is 5.90. The van der Waals surface area contributed by atoms with Crippen LogP contribution in [0.3, 0.4) is 0 Å². The lowest BCUT2D eigenvalue weighted by Gasteiger charge is -2.33. The Morgan fingerprint density at radius 1 is 1.32 bits per heavy atom. The van der Waals surface area contributed by atoms with Crippen LogP contribution in [0, 0.1) is 17.8 Å². The molecule has 0 aromatic carbocycles. The van der Waals surface area contributed by atoms with Crippen LogP contribution in [-0.2, 0) is 38.1 Å². The molecule has 5 fully saturated rings. The van der Waals surface area contributed by atoms with Crippen LogP contribution in [0.5, 0.6) is 0 Å². The summed E-state index contributed by atoms with van der Waals surface area (Å²) in [6.07, 6.45) is -0.603. The molecule has 0 bridgehead atoms. The molecular formula is C22H26O9. The van der Waals surface area contributed by atoms with Crippen LogP contribution in [0.15, 0.2) is 23.8 Å². The zero-order valence-corrected chi connectivity index (χ0v) is 17.7. The summed E-state index contributed by atoms with van der Waals surface area (Å²) in [5.41, 5.74) is -0.735. The summed E-state index contributed by atoms with van der Waals surface area (Å²) in [6.45, 7) is 9.07. The minimum atomic E-state index is -0.745. The van der Waals surface area contributed by atoms with Crippen molar-refractivity contribution in [2.75, 3.05) is 13.2 Å². The molecule has 3 saturated heterocycles. The van der Waals surface area contributed by atoms with Crippen molar-refractivity contribution in [2.24, 2.45) is 17.8 Å². The monoisotopic (exact) mass is 434 g/mol. The standard InChI is InChI=1S/C22H26O9/c1-9(5-6-27-11(3)23)19(25)29-12-7-22(8-28-22)14-15(21(4)18(31-21)16(14)24)17-13(12)10(2)20(26)30-17/h5,12-18,24H,2,6-8H2,1,3-4H3/b9-5+/t12-,13-,14+,15+,16?,17+,18-,21+,22+/m1/s1. The molecule has 5 rings (SSSR count). The number of carbonyl (C=O) groups is 3. The maximum Gasteiger partial charge on any atom is 0.334 e. The first-order valence-corrected chi connectivity index (χ1v) is 10.5. The summed E-state index contributed by atoms with van der Waals surface area (Å²) in [5, 5.41) is 10.9. The summed E-state index contributed by atoms with van der Waals surface area (Å²) < 4.78 is 28.1. The Labute approximate surface area is 179 Å². The van der Waals surface area contributed by atoms with Gasteiger partial charge in [-0.3, -0.25) is 4.79 Å². The quantitative estimate of drug-likeness (QED) is 0.290. The second kappa shape index (κ2) is 6.63. The molecular weight excluding hydrogens is 408 g/mol. The van der Waals surface area contributed by atoms with Crippen molar-refractivity contribution in [1.29, 1.82) is 0 Å². The van der Waals surface area contributed by atoms with E-state index in [1.165, 1.54) is 13.0 Å². The molecule has 5 aliphatic rings.